The Morgan fingerprint density at radius 3 is 0.698 bits per heavy atom. The predicted molar refractivity (Wildman–Crippen MR) is 417 cm³/mol. The zero-order valence-corrected chi connectivity index (χ0v) is 70.3. The molecular weight excluding hydrogens is 2300 g/mol. The van der Waals surface area contributed by atoms with Gasteiger partial charge in [-0.05, 0) is 203 Å². The fourth-order valence-corrected chi connectivity index (χ4v) is 21.5. The molecule has 0 aliphatic rings. The molecule has 9 atom stereocenters. The quantitative estimate of drug-likeness (QED) is 0.0277. The van der Waals surface area contributed by atoms with E-state index in [1.165, 1.54) is 35.2 Å². The minimum Gasteiger partial charge on any atom is -0.394 e. The summed E-state index contributed by atoms with van der Waals surface area (Å²) in [6.07, 6.45) is -17.0. The number of benzene rings is 3. The van der Waals surface area contributed by atoms with Crippen LogP contribution in [0.4, 0.5) is 17.1 Å². The summed E-state index contributed by atoms with van der Waals surface area (Å²) >= 11 is 15.3. The van der Waals surface area contributed by atoms with E-state index in [0.717, 1.165) is 29.4 Å². The highest BCUT2D eigenvalue weighted by atomic mass is 127. The van der Waals surface area contributed by atoms with E-state index in [1.807, 2.05) is 0 Å². The van der Waals surface area contributed by atoms with E-state index in [-0.39, 0.29) is 82.6 Å². The molecule has 3 rings (SSSR count). The molecule has 0 fully saturated rings. The van der Waals surface area contributed by atoms with Crippen molar-refractivity contribution in [1.29, 1.82) is 0 Å². The van der Waals surface area contributed by atoms with Crippen molar-refractivity contribution < 1.29 is 120 Å². The van der Waals surface area contributed by atoms with Crippen LogP contribution in [0.1, 0.15) is 62.1 Å². The van der Waals surface area contributed by atoms with E-state index in [1.54, 1.807) is 203 Å². The lowest BCUT2D eigenvalue weighted by atomic mass is 10.0. The summed E-state index contributed by atoms with van der Waals surface area (Å²) < 4.78 is -0.397. The van der Waals surface area contributed by atoms with Gasteiger partial charge in [0.1, 0.15) is 18.3 Å². The maximum atomic E-state index is 15.8. The number of carbonyl (C=O) groups is 9. The van der Waals surface area contributed by atoms with Crippen molar-refractivity contribution in [2.75, 3.05) is 137 Å². The molecule has 0 spiro atoms. The number of aliphatic hydroxyl groups is 15. The molecule has 0 saturated heterocycles. The molecular formula is C54H68I9N9O24. The van der Waals surface area contributed by atoms with Gasteiger partial charge in [0.15, 0.2) is 18.3 Å². The lowest BCUT2D eigenvalue weighted by Gasteiger charge is -2.31. The Labute approximate surface area is 671 Å². The van der Waals surface area contributed by atoms with Crippen LogP contribution in [0.15, 0.2) is 0 Å². The van der Waals surface area contributed by atoms with Crippen LogP contribution in [0.25, 0.3) is 0 Å². The van der Waals surface area contributed by atoms with Crippen molar-refractivity contribution in [3.63, 3.8) is 0 Å². The standard InChI is InChI=1S/C54H68I9N9O24/c1-67(49(91)25-31(55)27(51(93)69(3)10-19(79)13-73)36(60)40(34(25)58)64-46(88)43(85)22(82)16-76)6-8-72(54(96)30-33(57)29(53(95)71(5)12-21(81)15-75)38(62)42(39(30)63)66-48(90)45(87)24(84)18-78)9-7-68(2)50(92)26-32(56)28(52(94)70(4)11-20(80)14-74)37(61)41(35(26)59)65-47(89)44(86)23(83)17-77/h19-24,43-45,73-87H,6-18H2,1-5H3,(H,64,88)(H,65,89)(H,66,90). The number of hydrogen-bond donors (Lipinski definition) is 18. The molecule has 9 amide bonds. The number of hydrogen-bond acceptors (Lipinski definition) is 24. The summed E-state index contributed by atoms with van der Waals surface area (Å²) in [5, 5.41) is 158. The number of rotatable bonds is 33. The van der Waals surface area contributed by atoms with Crippen LogP contribution >= 0.6 is 203 Å². The summed E-state index contributed by atoms with van der Waals surface area (Å²) in [4.78, 5) is 136. The largest absolute Gasteiger partial charge is 0.394 e. The van der Waals surface area contributed by atoms with Crippen molar-refractivity contribution in [3.05, 3.63) is 65.5 Å². The first-order valence-corrected chi connectivity index (χ1v) is 37.3. The molecule has 0 saturated carbocycles. The van der Waals surface area contributed by atoms with Gasteiger partial charge in [0, 0.05) is 91.8 Å². The van der Waals surface area contributed by atoms with Crippen molar-refractivity contribution in [1.82, 2.24) is 29.4 Å². The maximum Gasteiger partial charge on any atom is 0.256 e. The van der Waals surface area contributed by atoms with Crippen molar-refractivity contribution >= 4 is 274 Å². The van der Waals surface area contributed by atoms with E-state index < -0.39 is 194 Å². The summed E-state index contributed by atoms with van der Waals surface area (Å²) in [6.45, 7) is -8.74. The third kappa shape index (κ3) is 22.0. The molecule has 0 aliphatic carbocycles. The fraction of sp³-hybridized carbons (Fsp3) is 0.500. The van der Waals surface area contributed by atoms with Gasteiger partial charge >= 0.3 is 0 Å². The summed E-state index contributed by atoms with van der Waals surface area (Å²) in [7, 11) is 6.37. The van der Waals surface area contributed by atoms with Gasteiger partial charge < -0.3 is 122 Å². The number of likely N-dealkylation sites (N-methyl/N-ethyl adjacent to an activating group) is 5. The third-order valence-corrected chi connectivity index (χ3v) is 23.7. The van der Waals surface area contributed by atoms with Crippen LogP contribution in [-0.4, -0.2) is 335 Å². The van der Waals surface area contributed by atoms with Crippen LogP contribution in [0.5, 0.6) is 0 Å². The fourth-order valence-electron chi connectivity index (χ4n) is 8.41. The number of nitrogens with zero attached hydrogens (tertiary/aromatic N) is 6. The molecule has 0 aliphatic heterocycles. The molecule has 0 bridgehead atoms. The first-order chi connectivity index (χ1) is 44.7. The van der Waals surface area contributed by atoms with Gasteiger partial charge in [-0.3, -0.25) is 43.2 Å². The Bertz CT molecular complexity index is 3260. The molecule has 0 radical (unpaired) electrons. The average molecular weight is 2370 g/mol. The first kappa shape index (κ1) is 89.1. The predicted octanol–water partition coefficient (Wildman–Crippen LogP) is -2.65. The molecule has 0 aromatic heterocycles. The minimum atomic E-state index is -2.28. The highest BCUT2D eigenvalue weighted by molar-refractivity contribution is 14.1. The second-order valence-electron chi connectivity index (χ2n) is 21.1. The van der Waals surface area contributed by atoms with Crippen LogP contribution in [0.2, 0.25) is 0 Å². The zero-order chi connectivity index (χ0) is 73.6. The normalized spacial score (nSPS) is 14.2. The summed E-state index contributed by atoms with van der Waals surface area (Å²) in [6, 6.07) is 0. The molecule has 18 N–H and O–H groups in total. The molecule has 9 unspecified atom stereocenters. The first-order valence-electron chi connectivity index (χ1n) is 27.6. The number of halogens is 9. The molecule has 536 valence electrons. The monoisotopic (exact) mass is 2370 g/mol. The van der Waals surface area contributed by atoms with Gasteiger partial charge in [0.2, 0.25) is 0 Å². The highest BCUT2D eigenvalue weighted by Gasteiger charge is 2.39. The van der Waals surface area contributed by atoms with Crippen LogP contribution in [0.3, 0.4) is 0 Å². The van der Waals surface area contributed by atoms with Gasteiger partial charge in [-0.25, -0.2) is 0 Å². The van der Waals surface area contributed by atoms with E-state index in [0.29, 0.717) is 0 Å². The van der Waals surface area contributed by atoms with Gasteiger partial charge in [-0.15, -0.1) is 0 Å². The second kappa shape index (κ2) is 40.8. The van der Waals surface area contributed by atoms with Gasteiger partial charge in [-0.1, -0.05) is 0 Å². The van der Waals surface area contributed by atoms with E-state index in [2.05, 4.69) is 16.0 Å². The van der Waals surface area contributed by atoms with Gasteiger partial charge in [-0.2, -0.15) is 0 Å². The number of aliphatic hydroxyl groups excluding tert-OH is 15. The molecule has 96 heavy (non-hydrogen) atoms. The van der Waals surface area contributed by atoms with E-state index >= 15 is 14.4 Å². The lowest BCUT2D eigenvalue weighted by molar-refractivity contribution is -0.131. The topological polar surface area (TPSA) is 513 Å². The second-order valence-corrected chi connectivity index (χ2v) is 30.8. The lowest BCUT2D eigenvalue weighted by Crippen LogP contribution is -2.45. The van der Waals surface area contributed by atoms with Crippen molar-refractivity contribution in [2.45, 2.75) is 54.9 Å². The Kier molecular flexibility index (Phi) is 37.8. The van der Waals surface area contributed by atoms with Crippen molar-refractivity contribution in [2.24, 2.45) is 0 Å². The Balaban J connectivity index is 2.49. The molecule has 0 heterocycles. The van der Waals surface area contributed by atoms with Crippen LogP contribution in [-0.2, 0) is 14.4 Å². The number of anilines is 3. The summed E-state index contributed by atoms with van der Waals surface area (Å²) in [5.74, 6) is -9.18. The number of amides is 9. The van der Waals surface area contributed by atoms with Gasteiger partial charge in [0.05, 0.1) is 130 Å². The molecule has 3 aromatic carbocycles. The van der Waals surface area contributed by atoms with Gasteiger partial charge in [0.25, 0.3) is 53.2 Å². The van der Waals surface area contributed by atoms with E-state index in [4.69, 9.17) is 0 Å². The molecule has 3 aromatic rings. The highest BCUT2D eigenvalue weighted by Crippen LogP contribution is 2.41. The molecule has 42 heteroatoms. The zero-order valence-electron chi connectivity index (χ0n) is 50.9. The van der Waals surface area contributed by atoms with Crippen LogP contribution < -0.4 is 16.0 Å². The minimum absolute atomic E-state index is 0.00396. The van der Waals surface area contributed by atoms with E-state index in [9.17, 15) is 105 Å². The van der Waals surface area contributed by atoms with Crippen molar-refractivity contribution in [3.8, 4) is 0 Å². The summed E-state index contributed by atoms with van der Waals surface area (Å²) in [5.41, 5.74) is -2.33. The average Bonchev–Trinajstić information content (AvgIpc) is 0.781. The maximum absolute atomic E-state index is 15.8. The number of nitrogens with one attached hydrogen (secondary N) is 3. The number of carbonyl (C=O) groups excluding carboxylic acids is 9. The Morgan fingerprint density at radius 2 is 0.500 bits per heavy atom. The smallest absolute Gasteiger partial charge is 0.256 e. The SMILES string of the molecule is CN(CCN(CCN(C)C(=O)c1c(I)c(NC(=O)C(O)C(O)CO)c(I)c(C(=O)N(C)CC(O)CO)c1I)C(=O)c1c(I)c(NC(=O)C(O)C(O)CO)c(I)c(C(=O)N(C)CC(O)CO)c1I)C(=O)c1c(I)c(NC(=O)C(O)C(O)CO)c(I)c(C(=O)N(C)CC(O)CO)c1I. The Hall–Kier alpha value is -1.14. The third-order valence-electron chi connectivity index (χ3n) is 14.0. The molecule has 33 nitrogen and oxygen atoms in total. The van der Waals surface area contributed by atoms with Crippen LogP contribution in [0, 0.1) is 32.1 Å². The Morgan fingerprint density at radius 1 is 0.302 bits per heavy atom.